The second-order valence-electron chi connectivity index (χ2n) is 5.97. The number of quaternary nitrogens is 1. The number of likely N-dealkylation sites (N-methyl/N-ethyl adjacent to an activating group) is 1. The van der Waals surface area contributed by atoms with E-state index in [0.29, 0.717) is 17.8 Å². The van der Waals surface area contributed by atoms with Crippen molar-refractivity contribution in [1.82, 2.24) is 0 Å². The second-order valence-corrected chi connectivity index (χ2v) is 5.97. The molecule has 6 nitrogen and oxygen atoms in total. The first-order valence-electron chi connectivity index (χ1n) is 7.78. The van der Waals surface area contributed by atoms with Gasteiger partial charge in [0.05, 0.1) is 25.6 Å². The molecule has 2 aromatic rings. The number of nitrogens with one attached hydrogen (secondary N) is 2. The number of ketones is 1. The fraction of sp³-hybridized carbons (Fsp3) is 0.278. The number of carbonyl (C=O) groups excluding carboxylic acids is 1. The maximum Gasteiger partial charge on any atom is 0.293 e. The van der Waals surface area contributed by atoms with Crippen LogP contribution in [0.5, 0.6) is 0 Å². The Labute approximate surface area is 141 Å². The van der Waals surface area contributed by atoms with Gasteiger partial charge in [-0.25, -0.2) is 0 Å². The molecule has 2 rings (SSSR count). The number of hydrogen-bond acceptors (Lipinski definition) is 4. The zero-order chi connectivity index (χ0) is 17.7. The third kappa shape index (κ3) is 4.17. The smallest absolute Gasteiger partial charge is 0.293 e. The van der Waals surface area contributed by atoms with Crippen molar-refractivity contribution in [3.05, 3.63) is 69.8 Å². The summed E-state index contributed by atoms with van der Waals surface area (Å²) in [6.45, 7) is 1.94. The van der Waals surface area contributed by atoms with Crippen molar-refractivity contribution in [1.29, 1.82) is 0 Å². The molecule has 1 atom stereocenters. The zero-order valence-electron chi connectivity index (χ0n) is 14.1. The normalized spacial score (nSPS) is 12.0. The van der Waals surface area contributed by atoms with Gasteiger partial charge in [0.25, 0.3) is 5.69 Å². The van der Waals surface area contributed by atoms with Gasteiger partial charge in [-0.1, -0.05) is 30.3 Å². The Kier molecular flexibility index (Phi) is 5.65. The Hall–Kier alpha value is -2.73. The number of nitro groups is 1. The average molecular weight is 328 g/mol. The summed E-state index contributed by atoms with van der Waals surface area (Å²) in [5.41, 5.74) is 1.84. The van der Waals surface area contributed by atoms with Gasteiger partial charge in [0, 0.05) is 17.2 Å². The van der Waals surface area contributed by atoms with E-state index in [-0.39, 0.29) is 17.5 Å². The minimum absolute atomic E-state index is 0.0803. The Morgan fingerprint density at radius 2 is 1.88 bits per heavy atom. The molecule has 0 spiro atoms. The van der Waals surface area contributed by atoms with Crippen LogP contribution in [0.15, 0.2) is 48.5 Å². The van der Waals surface area contributed by atoms with Gasteiger partial charge in [0.2, 0.25) is 0 Å². The first-order chi connectivity index (χ1) is 11.4. The first kappa shape index (κ1) is 17.6. The van der Waals surface area contributed by atoms with E-state index < -0.39 is 4.92 Å². The zero-order valence-corrected chi connectivity index (χ0v) is 14.1. The monoisotopic (exact) mass is 328 g/mol. The third-order valence-corrected chi connectivity index (χ3v) is 4.00. The lowest BCUT2D eigenvalue weighted by molar-refractivity contribution is -0.890. The summed E-state index contributed by atoms with van der Waals surface area (Å²) in [5.74, 6) is -0.190. The molecule has 126 valence electrons. The van der Waals surface area contributed by atoms with Crippen LogP contribution in [0.4, 0.5) is 11.4 Å². The molecule has 0 unspecified atom stereocenters. The van der Waals surface area contributed by atoms with Crippen LogP contribution >= 0.6 is 0 Å². The van der Waals surface area contributed by atoms with Gasteiger partial charge in [0.1, 0.15) is 11.7 Å². The number of nitrogens with zero attached hydrogens (tertiary/aromatic N) is 1. The van der Waals surface area contributed by atoms with Gasteiger partial charge in [0.15, 0.2) is 5.78 Å². The highest BCUT2D eigenvalue weighted by Gasteiger charge is 2.21. The van der Waals surface area contributed by atoms with Crippen molar-refractivity contribution in [2.75, 3.05) is 26.0 Å². The van der Waals surface area contributed by atoms with Crippen LogP contribution in [-0.4, -0.2) is 31.3 Å². The van der Waals surface area contributed by atoms with Gasteiger partial charge in [-0.3, -0.25) is 14.9 Å². The minimum atomic E-state index is -0.463. The van der Waals surface area contributed by atoms with Crippen molar-refractivity contribution in [3.8, 4) is 0 Å². The van der Waals surface area contributed by atoms with Crippen LogP contribution in [-0.2, 0) is 0 Å². The molecule has 0 aliphatic rings. The lowest BCUT2D eigenvalue weighted by atomic mass is 10.1. The van der Waals surface area contributed by atoms with E-state index in [4.69, 9.17) is 0 Å². The van der Waals surface area contributed by atoms with Gasteiger partial charge in [-0.2, -0.15) is 0 Å². The van der Waals surface area contributed by atoms with Crippen molar-refractivity contribution >= 4 is 17.2 Å². The molecular weight excluding hydrogens is 306 g/mol. The first-order valence-corrected chi connectivity index (χ1v) is 7.78. The summed E-state index contributed by atoms with van der Waals surface area (Å²) in [6.07, 6.45) is 0. The van der Waals surface area contributed by atoms with Crippen LogP contribution in [0, 0.1) is 10.1 Å². The lowest BCUT2D eigenvalue weighted by Gasteiger charge is -2.22. The van der Waals surface area contributed by atoms with Gasteiger partial charge >= 0.3 is 0 Å². The number of benzene rings is 2. The highest BCUT2D eigenvalue weighted by Crippen LogP contribution is 2.26. The summed E-state index contributed by atoms with van der Waals surface area (Å²) < 4.78 is 0. The molecule has 6 heteroatoms. The van der Waals surface area contributed by atoms with E-state index >= 15 is 0 Å². The van der Waals surface area contributed by atoms with Crippen molar-refractivity contribution in [3.63, 3.8) is 0 Å². The van der Waals surface area contributed by atoms with Crippen LogP contribution in [0.25, 0.3) is 0 Å². The second kappa shape index (κ2) is 7.70. The summed E-state index contributed by atoms with van der Waals surface area (Å²) in [6, 6.07) is 14.7. The number of Topliss-reactive ketones (excluding diaryl/α,β-unsaturated/α-hetero) is 1. The van der Waals surface area contributed by atoms with Crippen molar-refractivity contribution < 1.29 is 14.6 Å². The van der Waals surface area contributed by atoms with E-state index in [1.165, 1.54) is 17.9 Å². The van der Waals surface area contributed by atoms with Gasteiger partial charge in [-0.05, 0) is 19.1 Å². The third-order valence-electron chi connectivity index (χ3n) is 4.00. The summed E-state index contributed by atoms with van der Waals surface area (Å²) in [5, 5.41) is 14.5. The van der Waals surface area contributed by atoms with Crippen LogP contribution in [0.2, 0.25) is 0 Å². The molecule has 2 aromatic carbocycles. The topological polar surface area (TPSA) is 76.7 Å². The summed E-state index contributed by atoms with van der Waals surface area (Å²) >= 11 is 0. The number of rotatable bonds is 7. The van der Waals surface area contributed by atoms with E-state index in [9.17, 15) is 14.9 Å². The standard InChI is InChI=1S/C18H21N3O3/c1-13(22)15-9-10-16(17(11-15)21(23)24)19-12-18(20(2)3)14-7-5-4-6-8-14/h4-11,18-19H,12H2,1-3H3/p+1/t18-/m1/s1. The van der Waals surface area contributed by atoms with Crippen LogP contribution in [0.1, 0.15) is 28.9 Å². The Bertz CT molecular complexity index is 730. The molecule has 0 aromatic heterocycles. The largest absolute Gasteiger partial charge is 0.373 e. The molecule has 24 heavy (non-hydrogen) atoms. The minimum Gasteiger partial charge on any atom is -0.373 e. The van der Waals surface area contributed by atoms with Gasteiger partial charge < -0.3 is 10.2 Å². The molecule has 0 aliphatic carbocycles. The van der Waals surface area contributed by atoms with E-state index in [1.807, 2.05) is 44.4 Å². The highest BCUT2D eigenvalue weighted by atomic mass is 16.6. The summed E-state index contributed by atoms with van der Waals surface area (Å²) in [4.78, 5) is 23.5. The Morgan fingerprint density at radius 3 is 2.42 bits per heavy atom. The van der Waals surface area contributed by atoms with E-state index in [2.05, 4.69) is 5.32 Å². The quantitative estimate of drug-likeness (QED) is 0.463. The van der Waals surface area contributed by atoms with E-state index in [1.54, 1.807) is 12.1 Å². The van der Waals surface area contributed by atoms with Crippen molar-refractivity contribution in [2.45, 2.75) is 13.0 Å². The van der Waals surface area contributed by atoms with Crippen LogP contribution in [0.3, 0.4) is 0 Å². The molecule has 0 radical (unpaired) electrons. The molecule has 0 bridgehead atoms. The Balaban J connectivity index is 2.23. The van der Waals surface area contributed by atoms with Crippen molar-refractivity contribution in [2.24, 2.45) is 0 Å². The lowest BCUT2D eigenvalue weighted by Crippen LogP contribution is -3.06. The molecule has 0 saturated carbocycles. The number of nitro benzene ring substituents is 1. The molecule has 2 N–H and O–H groups in total. The fourth-order valence-corrected chi connectivity index (χ4v) is 2.60. The predicted molar refractivity (Wildman–Crippen MR) is 93.6 cm³/mol. The van der Waals surface area contributed by atoms with Crippen LogP contribution < -0.4 is 10.2 Å². The average Bonchev–Trinajstić information content (AvgIpc) is 2.55. The Morgan fingerprint density at radius 1 is 1.21 bits per heavy atom. The maximum atomic E-state index is 11.4. The highest BCUT2D eigenvalue weighted by molar-refractivity contribution is 5.95. The SMILES string of the molecule is CC(=O)c1ccc(NC[C@H](c2ccccc2)[NH+](C)C)c([N+](=O)[O-])c1. The molecule has 0 heterocycles. The number of anilines is 1. The van der Waals surface area contributed by atoms with Gasteiger partial charge in [-0.15, -0.1) is 0 Å². The molecule has 0 saturated heterocycles. The maximum absolute atomic E-state index is 11.4. The molecular formula is C18H22N3O3+. The number of hydrogen-bond donors (Lipinski definition) is 2. The molecule has 0 aliphatic heterocycles. The number of carbonyl (C=O) groups is 1. The predicted octanol–water partition coefficient (Wildman–Crippen LogP) is 2.10. The summed E-state index contributed by atoms with van der Waals surface area (Å²) in [7, 11) is 4.10. The molecule has 0 amide bonds. The fourth-order valence-electron chi connectivity index (χ4n) is 2.60. The molecule has 0 fully saturated rings. The van der Waals surface area contributed by atoms with E-state index in [0.717, 1.165) is 5.56 Å².